The Kier molecular flexibility index (Phi) is 8.57. The molecule has 0 unspecified atom stereocenters. The van der Waals surface area contributed by atoms with Gasteiger partial charge in [-0.05, 0) is 137 Å². The lowest BCUT2D eigenvalue weighted by Gasteiger charge is -2.28. The topological polar surface area (TPSA) is 3.24 Å². The monoisotopic (exact) mass is 765 g/mol. The third kappa shape index (κ3) is 6.10. The van der Waals surface area contributed by atoms with Crippen molar-refractivity contribution < 1.29 is 0 Å². The number of benzene rings is 10. The highest BCUT2D eigenvalue weighted by atomic mass is 15.1. The molecule has 1 aliphatic rings. The molecule has 1 aliphatic carbocycles. The summed E-state index contributed by atoms with van der Waals surface area (Å²) >= 11 is 0. The first-order valence-corrected chi connectivity index (χ1v) is 20.9. The zero-order chi connectivity index (χ0) is 40.2. The molecule has 10 aromatic rings. The van der Waals surface area contributed by atoms with Gasteiger partial charge in [-0.25, -0.2) is 0 Å². The second-order valence-corrected chi connectivity index (χ2v) is 16.5. The number of anilines is 3. The van der Waals surface area contributed by atoms with E-state index in [4.69, 9.17) is 0 Å². The molecular formula is C59H43N. The number of hydrogen-bond acceptors (Lipinski definition) is 1. The van der Waals surface area contributed by atoms with Gasteiger partial charge in [0.15, 0.2) is 0 Å². The molecule has 10 aromatic carbocycles. The van der Waals surface area contributed by atoms with Crippen molar-refractivity contribution >= 4 is 38.6 Å². The Morgan fingerprint density at radius 2 is 0.700 bits per heavy atom. The van der Waals surface area contributed by atoms with Crippen LogP contribution in [0.5, 0.6) is 0 Å². The van der Waals surface area contributed by atoms with Crippen LogP contribution >= 0.6 is 0 Å². The van der Waals surface area contributed by atoms with Gasteiger partial charge in [-0.1, -0.05) is 190 Å². The van der Waals surface area contributed by atoms with E-state index in [1.807, 2.05) is 0 Å². The third-order valence-corrected chi connectivity index (χ3v) is 12.7. The summed E-state index contributed by atoms with van der Waals surface area (Å²) in [5.41, 5.74) is 18.3. The molecule has 0 atom stereocenters. The van der Waals surface area contributed by atoms with E-state index in [1.165, 1.54) is 88.3 Å². The van der Waals surface area contributed by atoms with Crippen molar-refractivity contribution in [3.8, 4) is 55.6 Å². The lowest BCUT2D eigenvalue weighted by atomic mass is 9.81. The normalized spacial score (nSPS) is 12.6. The van der Waals surface area contributed by atoms with Crippen molar-refractivity contribution in [2.45, 2.75) is 19.3 Å². The molecule has 60 heavy (non-hydrogen) atoms. The zero-order valence-corrected chi connectivity index (χ0v) is 33.8. The van der Waals surface area contributed by atoms with Crippen LogP contribution in [0.1, 0.15) is 25.0 Å². The summed E-state index contributed by atoms with van der Waals surface area (Å²) in [5.74, 6) is 0. The molecule has 1 heteroatoms. The maximum atomic E-state index is 2.43. The minimum absolute atomic E-state index is 0.194. The van der Waals surface area contributed by atoms with Crippen LogP contribution in [0.4, 0.5) is 17.1 Å². The second kappa shape index (κ2) is 14.4. The first kappa shape index (κ1) is 35.7. The average Bonchev–Trinajstić information content (AvgIpc) is 3.54. The van der Waals surface area contributed by atoms with Gasteiger partial charge in [0.05, 0.1) is 0 Å². The van der Waals surface area contributed by atoms with Gasteiger partial charge in [-0.2, -0.15) is 0 Å². The van der Waals surface area contributed by atoms with E-state index in [0.29, 0.717) is 0 Å². The molecule has 1 nitrogen and oxygen atoms in total. The van der Waals surface area contributed by atoms with Gasteiger partial charge < -0.3 is 4.90 Å². The van der Waals surface area contributed by atoms with Gasteiger partial charge in [-0.15, -0.1) is 0 Å². The summed E-state index contributed by atoms with van der Waals surface area (Å²) in [6.45, 7) is 4.76. The average molecular weight is 766 g/mol. The van der Waals surface area contributed by atoms with Crippen LogP contribution in [-0.2, 0) is 5.41 Å². The van der Waals surface area contributed by atoms with Gasteiger partial charge >= 0.3 is 0 Å². The molecule has 0 saturated heterocycles. The van der Waals surface area contributed by atoms with Crippen molar-refractivity contribution in [3.63, 3.8) is 0 Å². The van der Waals surface area contributed by atoms with E-state index in [9.17, 15) is 0 Å². The van der Waals surface area contributed by atoms with Gasteiger partial charge in [0, 0.05) is 22.5 Å². The summed E-state index contributed by atoms with van der Waals surface area (Å²) in [7, 11) is 0. The fourth-order valence-electron chi connectivity index (χ4n) is 9.49. The smallest absolute Gasteiger partial charge is 0.0465 e. The predicted molar refractivity (Wildman–Crippen MR) is 255 cm³/mol. The summed E-state index contributed by atoms with van der Waals surface area (Å²) in [4.78, 5) is 2.40. The molecule has 11 rings (SSSR count). The van der Waals surface area contributed by atoms with Crippen LogP contribution in [0.25, 0.3) is 77.2 Å². The lowest BCUT2D eigenvalue weighted by Crippen LogP contribution is -2.16. The summed E-state index contributed by atoms with van der Waals surface area (Å²) < 4.78 is 0. The zero-order valence-electron chi connectivity index (χ0n) is 33.8. The Balaban J connectivity index is 0.944. The SMILES string of the molecule is CC1(C)c2cc(-c3ccc(-c4cc5ccccc5c5ccccc45)cc3)ccc2-c2ccc(N(c3ccc(-c4ccccc4)cc3)c3ccc(-c4ccccc4)cc3)cc21. The van der Waals surface area contributed by atoms with Gasteiger partial charge in [-0.3, -0.25) is 0 Å². The van der Waals surface area contributed by atoms with Crippen LogP contribution in [0.2, 0.25) is 0 Å². The molecule has 0 saturated carbocycles. The van der Waals surface area contributed by atoms with Crippen molar-refractivity contribution in [1.29, 1.82) is 0 Å². The highest BCUT2D eigenvalue weighted by molar-refractivity contribution is 6.13. The summed E-state index contributed by atoms with van der Waals surface area (Å²) in [5, 5.41) is 5.14. The first-order chi connectivity index (χ1) is 29.5. The number of nitrogens with zero attached hydrogens (tertiary/aromatic N) is 1. The number of fused-ring (bicyclic) bond motifs is 6. The van der Waals surface area contributed by atoms with Crippen LogP contribution < -0.4 is 4.90 Å². The highest BCUT2D eigenvalue weighted by Gasteiger charge is 2.36. The maximum absolute atomic E-state index is 2.43. The Morgan fingerprint density at radius 1 is 0.283 bits per heavy atom. The molecule has 0 aromatic heterocycles. The van der Waals surface area contributed by atoms with E-state index in [1.54, 1.807) is 0 Å². The molecule has 0 spiro atoms. The van der Waals surface area contributed by atoms with E-state index in [0.717, 1.165) is 17.1 Å². The van der Waals surface area contributed by atoms with Crippen LogP contribution in [-0.4, -0.2) is 0 Å². The van der Waals surface area contributed by atoms with Gasteiger partial charge in [0.25, 0.3) is 0 Å². The molecule has 0 amide bonds. The van der Waals surface area contributed by atoms with E-state index < -0.39 is 0 Å². The molecule has 0 radical (unpaired) electrons. The fraction of sp³-hybridized carbons (Fsp3) is 0.0508. The molecular weight excluding hydrogens is 723 g/mol. The number of rotatable bonds is 7. The quantitative estimate of drug-likeness (QED) is 0.146. The molecule has 0 heterocycles. The second-order valence-electron chi connectivity index (χ2n) is 16.5. The largest absolute Gasteiger partial charge is 0.310 e. The Hall–Kier alpha value is -7.48. The predicted octanol–water partition coefficient (Wildman–Crippen LogP) is 16.4. The first-order valence-electron chi connectivity index (χ1n) is 20.9. The van der Waals surface area contributed by atoms with Crippen molar-refractivity contribution in [2.75, 3.05) is 4.90 Å². The van der Waals surface area contributed by atoms with Crippen molar-refractivity contribution in [2.24, 2.45) is 0 Å². The van der Waals surface area contributed by atoms with Crippen LogP contribution in [0.3, 0.4) is 0 Å². The molecule has 0 N–H and O–H groups in total. The number of hydrogen-bond donors (Lipinski definition) is 0. The summed E-state index contributed by atoms with van der Waals surface area (Å²) in [6.07, 6.45) is 0. The maximum Gasteiger partial charge on any atom is 0.0465 e. The highest BCUT2D eigenvalue weighted by Crippen LogP contribution is 2.52. The van der Waals surface area contributed by atoms with Crippen molar-refractivity contribution in [3.05, 3.63) is 236 Å². The van der Waals surface area contributed by atoms with Crippen LogP contribution in [0.15, 0.2) is 224 Å². The Labute approximate surface area is 352 Å². The third-order valence-electron chi connectivity index (χ3n) is 12.7. The van der Waals surface area contributed by atoms with Gasteiger partial charge in [0.1, 0.15) is 0 Å². The minimum Gasteiger partial charge on any atom is -0.310 e. The van der Waals surface area contributed by atoms with Crippen molar-refractivity contribution in [1.82, 2.24) is 0 Å². The minimum atomic E-state index is -0.194. The molecule has 0 bridgehead atoms. The van der Waals surface area contributed by atoms with E-state index >= 15 is 0 Å². The lowest BCUT2D eigenvalue weighted by molar-refractivity contribution is 0.660. The summed E-state index contributed by atoms with van der Waals surface area (Å²) in [6, 6.07) is 82.3. The molecule has 0 fully saturated rings. The molecule has 284 valence electrons. The Morgan fingerprint density at radius 3 is 1.32 bits per heavy atom. The fourth-order valence-corrected chi connectivity index (χ4v) is 9.49. The van der Waals surface area contributed by atoms with E-state index in [2.05, 4.69) is 243 Å². The Bertz CT molecular complexity index is 3100. The van der Waals surface area contributed by atoms with Crippen LogP contribution in [0, 0.1) is 0 Å². The van der Waals surface area contributed by atoms with Gasteiger partial charge in [0.2, 0.25) is 0 Å². The molecule has 0 aliphatic heterocycles. The van der Waals surface area contributed by atoms with E-state index in [-0.39, 0.29) is 5.41 Å². The standard InChI is InChI=1S/C59H43N/c1-59(2)57-38-46(44-21-23-45(24-22-44)56-37-47-17-9-10-18-51(47)52-19-11-12-20-53(52)56)29-35-54(57)55-36-34-50(39-58(55)59)60(48-30-25-42(26-31-48)40-13-5-3-6-14-40)49-32-27-43(28-33-49)41-15-7-4-8-16-41/h3-39H,1-2H3.